The molecule has 1 heterocycles. The summed E-state index contributed by atoms with van der Waals surface area (Å²) < 4.78 is 11.2. The highest BCUT2D eigenvalue weighted by Gasteiger charge is 2.07. The molecule has 1 N–H and O–H groups in total. The maximum Gasteiger partial charge on any atom is 0.227 e. The molecule has 138 valence electrons. The zero-order chi connectivity index (χ0) is 18.9. The van der Waals surface area contributed by atoms with Gasteiger partial charge in [-0.1, -0.05) is 36.9 Å². The highest BCUT2D eigenvalue weighted by atomic mass is 16.5. The van der Waals surface area contributed by atoms with E-state index in [9.17, 15) is 0 Å². The Hall–Kier alpha value is -3.34. The molecule has 0 bridgehead atoms. The summed E-state index contributed by atoms with van der Waals surface area (Å²) in [6.45, 7) is 6.78. The van der Waals surface area contributed by atoms with Gasteiger partial charge in [-0.15, -0.1) is 0 Å². The van der Waals surface area contributed by atoms with Crippen LogP contribution >= 0.6 is 0 Å². The SMILES string of the molecule is C=CCOc1cccc(Nc2nccc(C3=CCC(OCC)=CC=C3)n2)c1. The number of nitrogens with zero attached hydrogens (tertiary/aromatic N) is 2. The van der Waals surface area contributed by atoms with Crippen LogP contribution in [-0.2, 0) is 4.74 Å². The lowest BCUT2D eigenvalue weighted by Gasteiger charge is -2.09. The predicted octanol–water partition coefficient (Wildman–Crippen LogP) is 5.05. The Balaban J connectivity index is 1.74. The van der Waals surface area contributed by atoms with E-state index in [1.54, 1.807) is 12.3 Å². The van der Waals surface area contributed by atoms with Gasteiger partial charge in [0.1, 0.15) is 12.4 Å². The fourth-order valence-electron chi connectivity index (χ4n) is 2.62. The lowest BCUT2D eigenvalue weighted by Crippen LogP contribution is -2.00. The number of rotatable bonds is 8. The largest absolute Gasteiger partial charge is 0.498 e. The summed E-state index contributed by atoms with van der Waals surface area (Å²) in [7, 11) is 0. The second kappa shape index (κ2) is 9.38. The second-order valence-electron chi connectivity index (χ2n) is 5.81. The van der Waals surface area contributed by atoms with E-state index in [1.165, 1.54) is 0 Å². The van der Waals surface area contributed by atoms with Crippen molar-refractivity contribution in [3.63, 3.8) is 0 Å². The smallest absolute Gasteiger partial charge is 0.227 e. The van der Waals surface area contributed by atoms with Crippen LogP contribution in [0.15, 0.2) is 79.2 Å². The molecule has 0 atom stereocenters. The van der Waals surface area contributed by atoms with E-state index in [0.717, 1.165) is 34.9 Å². The third kappa shape index (κ3) is 5.31. The predicted molar refractivity (Wildman–Crippen MR) is 109 cm³/mol. The first-order valence-electron chi connectivity index (χ1n) is 8.93. The van der Waals surface area contributed by atoms with E-state index in [-0.39, 0.29) is 0 Å². The van der Waals surface area contributed by atoms with Crippen LogP contribution in [0.2, 0.25) is 0 Å². The molecule has 1 aliphatic carbocycles. The standard InChI is InChI=1S/C22H23N3O2/c1-3-15-27-20-10-6-8-18(16-20)24-22-23-14-13-21(25-22)17-7-5-9-19(12-11-17)26-4-2/h3,5-11,13-14,16H,1,4,12,15H2,2H3,(H,23,24,25). The van der Waals surface area contributed by atoms with Crippen LogP contribution in [0.1, 0.15) is 19.0 Å². The molecular weight excluding hydrogens is 338 g/mol. The van der Waals surface area contributed by atoms with E-state index in [0.29, 0.717) is 19.2 Å². The van der Waals surface area contributed by atoms with Crippen LogP contribution in [0.4, 0.5) is 11.6 Å². The van der Waals surface area contributed by atoms with Gasteiger partial charge < -0.3 is 14.8 Å². The highest BCUT2D eigenvalue weighted by molar-refractivity contribution is 5.73. The van der Waals surface area contributed by atoms with Gasteiger partial charge >= 0.3 is 0 Å². The molecule has 0 saturated carbocycles. The lowest BCUT2D eigenvalue weighted by atomic mass is 10.1. The van der Waals surface area contributed by atoms with Crippen molar-refractivity contribution < 1.29 is 9.47 Å². The van der Waals surface area contributed by atoms with Crippen molar-refractivity contribution in [1.29, 1.82) is 0 Å². The number of hydrogen-bond acceptors (Lipinski definition) is 5. The summed E-state index contributed by atoms with van der Waals surface area (Å²) in [5, 5.41) is 3.23. The Bertz CT molecular complexity index is 885. The van der Waals surface area contributed by atoms with Crippen LogP contribution in [0.25, 0.3) is 5.57 Å². The molecule has 5 heteroatoms. The minimum atomic E-state index is 0.466. The first kappa shape index (κ1) is 18.5. The Morgan fingerprint density at radius 2 is 2.19 bits per heavy atom. The van der Waals surface area contributed by atoms with Crippen molar-refractivity contribution in [2.75, 3.05) is 18.5 Å². The summed E-state index contributed by atoms with van der Waals surface area (Å²) in [5.74, 6) is 2.25. The Morgan fingerprint density at radius 1 is 1.26 bits per heavy atom. The zero-order valence-electron chi connectivity index (χ0n) is 15.4. The normalized spacial score (nSPS) is 13.2. The zero-order valence-corrected chi connectivity index (χ0v) is 15.4. The van der Waals surface area contributed by atoms with Gasteiger partial charge in [0.2, 0.25) is 5.95 Å². The second-order valence-corrected chi connectivity index (χ2v) is 5.81. The van der Waals surface area contributed by atoms with Gasteiger partial charge in [-0.05, 0) is 36.8 Å². The summed E-state index contributed by atoms with van der Waals surface area (Å²) in [4.78, 5) is 8.95. The molecule has 0 spiro atoms. The number of aromatic nitrogens is 2. The molecule has 0 aliphatic heterocycles. The van der Waals surface area contributed by atoms with Gasteiger partial charge in [0, 0.05) is 24.4 Å². The molecule has 0 saturated heterocycles. The Morgan fingerprint density at radius 3 is 3.04 bits per heavy atom. The molecule has 27 heavy (non-hydrogen) atoms. The number of benzene rings is 1. The van der Waals surface area contributed by atoms with E-state index in [1.807, 2.05) is 55.5 Å². The van der Waals surface area contributed by atoms with E-state index in [2.05, 4.69) is 27.9 Å². The quantitative estimate of drug-likeness (QED) is 0.667. The molecule has 1 aromatic heterocycles. The maximum absolute atomic E-state index is 5.59. The van der Waals surface area contributed by atoms with E-state index >= 15 is 0 Å². The third-order valence-electron chi connectivity index (χ3n) is 3.82. The fraction of sp³-hybridized carbons (Fsp3) is 0.182. The van der Waals surface area contributed by atoms with Gasteiger partial charge in [0.25, 0.3) is 0 Å². The average Bonchev–Trinajstić information content (AvgIpc) is 2.93. The minimum Gasteiger partial charge on any atom is -0.498 e. The number of nitrogens with one attached hydrogen (secondary N) is 1. The van der Waals surface area contributed by atoms with Crippen molar-refractivity contribution >= 4 is 17.2 Å². The Labute approximate surface area is 159 Å². The molecule has 0 unspecified atom stereocenters. The average molecular weight is 361 g/mol. The van der Waals surface area contributed by atoms with Crippen LogP contribution in [0.3, 0.4) is 0 Å². The van der Waals surface area contributed by atoms with Crippen molar-refractivity contribution in [3.8, 4) is 5.75 Å². The first-order chi connectivity index (χ1) is 13.3. The van der Waals surface area contributed by atoms with Crippen molar-refractivity contribution in [2.45, 2.75) is 13.3 Å². The first-order valence-corrected chi connectivity index (χ1v) is 8.93. The molecule has 1 aliphatic rings. The van der Waals surface area contributed by atoms with Crippen LogP contribution in [0, 0.1) is 0 Å². The van der Waals surface area contributed by atoms with Gasteiger partial charge in [-0.2, -0.15) is 0 Å². The van der Waals surface area contributed by atoms with Gasteiger partial charge in [-0.3, -0.25) is 0 Å². The highest BCUT2D eigenvalue weighted by Crippen LogP contribution is 2.23. The van der Waals surface area contributed by atoms with Gasteiger partial charge in [0.05, 0.1) is 18.1 Å². The summed E-state index contributed by atoms with van der Waals surface area (Å²) in [6.07, 6.45) is 12.3. The molecule has 0 fully saturated rings. The van der Waals surface area contributed by atoms with Crippen molar-refractivity contribution in [1.82, 2.24) is 9.97 Å². The van der Waals surface area contributed by atoms with Crippen LogP contribution in [-0.4, -0.2) is 23.2 Å². The van der Waals surface area contributed by atoms with Gasteiger partial charge in [0.15, 0.2) is 0 Å². The van der Waals surface area contributed by atoms with E-state index < -0.39 is 0 Å². The fourth-order valence-corrected chi connectivity index (χ4v) is 2.62. The molecule has 3 rings (SSSR count). The van der Waals surface area contributed by atoms with Gasteiger partial charge in [-0.25, -0.2) is 9.97 Å². The summed E-state index contributed by atoms with van der Waals surface area (Å²) in [5.41, 5.74) is 2.75. The van der Waals surface area contributed by atoms with Crippen molar-refractivity contribution in [2.24, 2.45) is 0 Å². The van der Waals surface area contributed by atoms with Crippen LogP contribution in [0.5, 0.6) is 5.75 Å². The molecule has 1 aromatic carbocycles. The number of anilines is 2. The molecule has 0 amide bonds. The van der Waals surface area contributed by atoms with Crippen molar-refractivity contribution in [3.05, 3.63) is 84.9 Å². The summed E-state index contributed by atoms with van der Waals surface area (Å²) >= 11 is 0. The molecule has 5 nitrogen and oxygen atoms in total. The monoisotopic (exact) mass is 361 g/mol. The lowest BCUT2D eigenvalue weighted by molar-refractivity contribution is 0.224. The number of hydrogen-bond donors (Lipinski definition) is 1. The minimum absolute atomic E-state index is 0.466. The third-order valence-corrected chi connectivity index (χ3v) is 3.82. The molecule has 0 radical (unpaired) electrons. The number of allylic oxidation sites excluding steroid dienone is 5. The number of ether oxygens (including phenoxy) is 2. The van der Waals surface area contributed by atoms with Crippen LogP contribution < -0.4 is 10.1 Å². The molecular formula is C22H23N3O2. The Kier molecular flexibility index (Phi) is 6.41. The molecule has 2 aromatic rings. The summed E-state index contributed by atoms with van der Waals surface area (Å²) in [6, 6.07) is 9.57. The van der Waals surface area contributed by atoms with E-state index in [4.69, 9.17) is 9.47 Å². The maximum atomic E-state index is 5.59. The topological polar surface area (TPSA) is 56.3 Å².